The molecule has 3 aromatic rings. The minimum absolute atomic E-state index is 0.0464. The van der Waals surface area contributed by atoms with Crippen LogP contribution in [0.5, 0.6) is 0 Å². The Kier molecular flexibility index (Phi) is 6.62. The number of aryl methyl sites for hydroxylation is 2. The Morgan fingerprint density at radius 2 is 1.87 bits per heavy atom. The summed E-state index contributed by atoms with van der Waals surface area (Å²) in [5.74, 6) is 1.34. The van der Waals surface area contributed by atoms with Crippen molar-refractivity contribution in [2.45, 2.75) is 39.8 Å². The Hall–Kier alpha value is -2.78. The zero-order valence-corrected chi connectivity index (χ0v) is 18.7. The van der Waals surface area contributed by atoms with Gasteiger partial charge in [0.05, 0.1) is 6.54 Å². The summed E-state index contributed by atoms with van der Waals surface area (Å²) in [6.45, 7) is 8.08. The van der Waals surface area contributed by atoms with Gasteiger partial charge in [0.25, 0.3) is 0 Å². The lowest BCUT2D eigenvalue weighted by Crippen LogP contribution is -2.48. The van der Waals surface area contributed by atoms with Gasteiger partial charge in [-0.15, -0.1) is 0 Å². The first kappa shape index (κ1) is 21.5. The van der Waals surface area contributed by atoms with Gasteiger partial charge in [-0.05, 0) is 20.3 Å². The number of carbonyl (C=O) groups excluding carboxylic acids is 1. The highest BCUT2D eigenvalue weighted by atomic mass is 32.1. The van der Waals surface area contributed by atoms with E-state index in [1.54, 1.807) is 4.57 Å². The molecule has 0 spiro atoms. The van der Waals surface area contributed by atoms with Crippen molar-refractivity contribution in [1.29, 1.82) is 0 Å². The quantitative estimate of drug-likeness (QED) is 0.561. The van der Waals surface area contributed by atoms with Crippen LogP contribution in [0.15, 0.2) is 39.0 Å². The predicted molar refractivity (Wildman–Crippen MR) is 119 cm³/mol. The molecular weight excluding hydrogens is 414 g/mol. The molecule has 1 aromatic carbocycles. The summed E-state index contributed by atoms with van der Waals surface area (Å²) in [5, 5.41) is 5.95. The molecule has 1 fully saturated rings. The van der Waals surface area contributed by atoms with Crippen molar-refractivity contribution in [3.8, 4) is 11.4 Å². The van der Waals surface area contributed by atoms with Crippen LogP contribution in [0.3, 0.4) is 0 Å². The van der Waals surface area contributed by atoms with E-state index < -0.39 is 0 Å². The van der Waals surface area contributed by atoms with E-state index in [-0.39, 0.29) is 10.8 Å². The molecule has 4 rings (SSSR count). The van der Waals surface area contributed by atoms with Crippen molar-refractivity contribution in [3.63, 3.8) is 0 Å². The summed E-state index contributed by atoms with van der Waals surface area (Å²) in [6, 6.07) is 8.04. The number of nitrogens with zero attached hydrogens (tertiary/aromatic N) is 5. The topological polar surface area (TPSA) is 84.5 Å². The van der Waals surface area contributed by atoms with Gasteiger partial charge in [-0.3, -0.25) is 14.5 Å². The molecule has 0 unspecified atom stereocenters. The zero-order chi connectivity index (χ0) is 21.8. The summed E-state index contributed by atoms with van der Waals surface area (Å²) in [5.41, 5.74) is 3.09. The lowest BCUT2D eigenvalue weighted by Gasteiger charge is -2.34. The Balaban J connectivity index is 1.22. The molecule has 0 saturated carbocycles. The van der Waals surface area contributed by atoms with Gasteiger partial charge in [0.2, 0.25) is 17.6 Å². The van der Waals surface area contributed by atoms with E-state index in [2.05, 4.69) is 15.0 Å². The average molecular weight is 442 g/mol. The van der Waals surface area contributed by atoms with Crippen molar-refractivity contribution in [1.82, 2.24) is 24.5 Å². The van der Waals surface area contributed by atoms with E-state index in [1.165, 1.54) is 16.9 Å². The van der Waals surface area contributed by atoms with Crippen molar-refractivity contribution < 1.29 is 9.32 Å². The molecule has 0 radical (unpaired) electrons. The largest absolute Gasteiger partial charge is 0.340 e. The molecule has 1 amide bonds. The highest BCUT2D eigenvalue weighted by Gasteiger charge is 2.22. The molecule has 1 saturated heterocycles. The first-order chi connectivity index (χ1) is 15.0. The molecule has 31 heavy (non-hydrogen) atoms. The second-order valence-electron chi connectivity index (χ2n) is 7.93. The van der Waals surface area contributed by atoms with E-state index in [0.717, 1.165) is 24.3 Å². The van der Waals surface area contributed by atoms with Crippen molar-refractivity contribution >= 4 is 17.2 Å². The maximum Gasteiger partial charge on any atom is 0.307 e. The number of piperazine rings is 1. The van der Waals surface area contributed by atoms with Crippen LogP contribution >= 0.6 is 11.3 Å². The van der Waals surface area contributed by atoms with Crippen LogP contribution in [-0.4, -0.2) is 56.6 Å². The maximum atomic E-state index is 12.5. The number of aromatic nitrogens is 3. The van der Waals surface area contributed by atoms with Crippen LogP contribution in [0.2, 0.25) is 0 Å². The van der Waals surface area contributed by atoms with Crippen molar-refractivity contribution in [3.05, 3.63) is 56.5 Å². The van der Waals surface area contributed by atoms with Gasteiger partial charge in [0, 0.05) is 55.8 Å². The van der Waals surface area contributed by atoms with Gasteiger partial charge in [-0.1, -0.05) is 46.3 Å². The van der Waals surface area contributed by atoms with E-state index in [9.17, 15) is 9.59 Å². The first-order valence-electron chi connectivity index (χ1n) is 10.5. The third-order valence-corrected chi connectivity index (χ3v) is 6.49. The predicted octanol–water partition coefficient (Wildman–Crippen LogP) is 2.70. The van der Waals surface area contributed by atoms with Gasteiger partial charge < -0.3 is 14.0 Å². The van der Waals surface area contributed by atoms with Crippen molar-refractivity contribution in [2.24, 2.45) is 0 Å². The summed E-state index contributed by atoms with van der Waals surface area (Å²) in [4.78, 5) is 33.0. The van der Waals surface area contributed by atoms with Gasteiger partial charge >= 0.3 is 4.87 Å². The van der Waals surface area contributed by atoms with Gasteiger partial charge in [0.15, 0.2) is 0 Å². The third kappa shape index (κ3) is 5.29. The Morgan fingerprint density at radius 3 is 2.55 bits per heavy atom. The first-order valence-corrected chi connectivity index (χ1v) is 11.4. The molecule has 9 heteroatoms. The lowest BCUT2D eigenvalue weighted by molar-refractivity contribution is -0.133. The number of benzene rings is 1. The van der Waals surface area contributed by atoms with E-state index in [1.807, 2.05) is 48.4 Å². The van der Waals surface area contributed by atoms with E-state index in [4.69, 9.17) is 4.52 Å². The number of carbonyl (C=O) groups is 1. The molecule has 3 heterocycles. The van der Waals surface area contributed by atoms with Crippen LogP contribution in [0.25, 0.3) is 11.4 Å². The Morgan fingerprint density at radius 1 is 1.13 bits per heavy atom. The number of hydrogen-bond acceptors (Lipinski definition) is 7. The molecule has 1 aliphatic rings. The monoisotopic (exact) mass is 441 g/mol. The third-order valence-electron chi connectivity index (χ3n) is 5.61. The number of rotatable bonds is 7. The minimum atomic E-state index is 0.0464. The highest BCUT2D eigenvalue weighted by molar-refractivity contribution is 7.07. The minimum Gasteiger partial charge on any atom is -0.340 e. The molecule has 0 aliphatic carbocycles. The second kappa shape index (κ2) is 9.57. The fourth-order valence-corrected chi connectivity index (χ4v) is 4.47. The van der Waals surface area contributed by atoms with Crippen LogP contribution in [0.4, 0.5) is 0 Å². The molecule has 1 aliphatic heterocycles. The van der Waals surface area contributed by atoms with Gasteiger partial charge in [0.1, 0.15) is 0 Å². The molecule has 164 valence electrons. The molecule has 2 aromatic heterocycles. The smallest absolute Gasteiger partial charge is 0.307 e. The summed E-state index contributed by atoms with van der Waals surface area (Å²) in [6.07, 6.45) is 1.14. The molecule has 0 atom stereocenters. The standard InChI is InChI=1S/C22H27N5O3S/c1-16-5-7-18(8-6-16)21-23-19(30-24-21)14-25-10-12-26(13-11-25)20(28)4-3-9-27-17(2)15-31-22(27)29/h5-8,15H,3-4,9-14H2,1-2H3. The van der Waals surface area contributed by atoms with Crippen LogP contribution in [-0.2, 0) is 17.9 Å². The fraction of sp³-hybridized carbons (Fsp3) is 0.455. The molecule has 0 bridgehead atoms. The highest BCUT2D eigenvalue weighted by Crippen LogP contribution is 2.17. The van der Waals surface area contributed by atoms with Gasteiger partial charge in [-0.25, -0.2) is 0 Å². The Bertz CT molecular complexity index is 1080. The van der Waals surface area contributed by atoms with Crippen LogP contribution < -0.4 is 4.87 Å². The average Bonchev–Trinajstić information content (AvgIpc) is 3.36. The van der Waals surface area contributed by atoms with Crippen LogP contribution in [0.1, 0.15) is 30.0 Å². The van der Waals surface area contributed by atoms with E-state index in [0.29, 0.717) is 50.7 Å². The second-order valence-corrected chi connectivity index (χ2v) is 8.75. The summed E-state index contributed by atoms with van der Waals surface area (Å²) >= 11 is 1.21. The number of hydrogen-bond donors (Lipinski definition) is 0. The van der Waals surface area contributed by atoms with Crippen molar-refractivity contribution in [2.75, 3.05) is 26.2 Å². The molecule has 0 N–H and O–H groups in total. The number of amides is 1. The lowest BCUT2D eigenvalue weighted by atomic mass is 10.1. The fourth-order valence-electron chi connectivity index (χ4n) is 3.71. The molecular formula is C22H27N5O3S. The molecule has 8 nitrogen and oxygen atoms in total. The Labute approximate surface area is 185 Å². The normalized spacial score (nSPS) is 14.8. The zero-order valence-electron chi connectivity index (χ0n) is 17.9. The number of thiazole rings is 1. The summed E-state index contributed by atoms with van der Waals surface area (Å²) < 4.78 is 7.16. The van der Waals surface area contributed by atoms with E-state index >= 15 is 0 Å². The van der Waals surface area contributed by atoms with Gasteiger partial charge in [-0.2, -0.15) is 4.98 Å². The summed E-state index contributed by atoms with van der Waals surface area (Å²) in [7, 11) is 0. The van der Waals surface area contributed by atoms with Crippen LogP contribution in [0, 0.1) is 13.8 Å². The SMILES string of the molecule is Cc1ccc(-c2noc(CN3CCN(C(=O)CCCn4c(C)csc4=O)CC3)n2)cc1. The maximum absolute atomic E-state index is 12.5.